The number of aromatic nitrogens is 2. The maximum Gasteiger partial charge on any atom is 0.257 e. The predicted molar refractivity (Wildman–Crippen MR) is 145 cm³/mol. The van der Waals surface area contributed by atoms with Gasteiger partial charge in [0.2, 0.25) is 11.9 Å². The monoisotopic (exact) mass is 538 g/mol. The topological polar surface area (TPSA) is 94.9 Å². The fraction of sp³-hybridized carbons (Fsp3) is 0.393. The Morgan fingerprint density at radius 1 is 1.16 bits per heavy atom. The largest absolute Gasteiger partial charge is 0.487 e. The summed E-state index contributed by atoms with van der Waals surface area (Å²) in [6.07, 6.45) is 3.88. The number of nitrogens with one attached hydrogen (secondary N) is 1. The van der Waals surface area contributed by atoms with Crippen LogP contribution < -0.4 is 14.8 Å². The molecule has 2 aliphatic heterocycles. The van der Waals surface area contributed by atoms with Gasteiger partial charge in [-0.05, 0) is 44.4 Å². The number of carbonyl (C=O) groups excluding carboxylic acids is 2. The number of anilines is 1. The molecule has 3 aromatic rings. The van der Waals surface area contributed by atoms with E-state index in [1.807, 2.05) is 29.7 Å². The molecule has 2 aromatic carbocycles. The number of carbonyl (C=O) groups is 2. The van der Waals surface area contributed by atoms with E-state index in [1.165, 1.54) is 6.08 Å². The van der Waals surface area contributed by atoms with E-state index >= 15 is 0 Å². The van der Waals surface area contributed by atoms with E-state index in [4.69, 9.17) is 30.8 Å². The standard InChI is InChI=1S/C28H31ClN4O5/c1-3-23(34)32-10-5-4-9-20(17-32)33-25-21(16-22-26(24(25)29)38-14-12-36-11-13-37-22)30-28(33)31-27(35)19-8-6-7-18(2)15-19/h3,6-8,15-16,20H,1,4-5,9-14,17H2,2H3,(H,30,31,35)/t20-/m0/s1. The first-order chi connectivity index (χ1) is 18.5. The van der Waals surface area contributed by atoms with Gasteiger partial charge in [-0.25, -0.2) is 4.98 Å². The average Bonchev–Trinajstić information content (AvgIpc) is 3.16. The van der Waals surface area contributed by atoms with Gasteiger partial charge in [-0.3, -0.25) is 14.9 Å². The van der Waals surface area contributed by atoms with Crippen LogP contribution in [0.3, 0.4) is 0 Å². The summed E-state index contributed by atoms with van der Waals surface area (Å²) in [6, 6.07) is 8.96. The molecule has 200 valence electrons. The molecule has 1 saturated heterocycles. The molecule has 2 amide bonds. The lowest BCUT2D eigenvalue weighted by Gasteiger charge is -2.26. The molecule has 0 bridgehead atoms. The highest BCUT2D eigenvalue weighted by molar-refractivity contribution is 6.37. The van der Waals surface area contributed by atoms with Gasteiger partial charge in [0.1, 0.15) is 18.2 Å². The van der Waals surface area contributed by atoms with Gasteiger partial charge in [0.15, 0.2) is 11.5 Å². The predicted octanol–water partition coefficient (Wildman–Crippen LogP) is 4.78. The van der Waals surface area contributed by atoms with Crippen molar-refractivity contribution in [3.8, 4) is 11.5 Å². The van der Waals surface area contributed by atoms with Gasteiger partial charge >= 0.3 is 0 Å². The summed E-state index contributed by atoms with van der Waals surface area (Å²) >= 11 is 7.00. The van der Waals surface area contributed by atoms with Crippen molar-refractivity contribution >= 4 is 40.4 Å². The SMILES string of the molecule is C=CC(=O)N1CCCC[C@H](n2c(NC(=O)c3cccc(C)c3)nc3cc4c(c(Cl)c32)OCCOCCO4)C1. The molecule has 3 heterocycles. The number of fused-ring (bicyclic) bond motifs is 2. The zero-order valence-electron chi connectivity index (χ0n) is 21.4. The van der Waals surface area contributed by atoms with Crippen molar-refractivity contribution in [1.29, 1.82) is 0 Å². The number of hydrogen-bond acceptors (Lipinski definition) is 6. The van der Waals surface area contributed by atoms with E-state index in [0.29, 0.717) is 78.6 Å². The lowest BCUT2D eigenvalue weighted by molar-refractivity contribution is -0.126. The number of hydrogen-bond donors (Lipinski definition) is 1. The van der Waals surface area contributed by atoms with Crippen LogP contribution in [0.5, 0.6) is 11.5 Å². The molecule has 1 aromatic heterocycles. The molecule has 0 saturated carbocycles. The number of likely N-dealkylation sites (tertiary alicyclic amines) is 1. The second kappa shape index (κ2) is 11.4. The molecule has 2 aliphatic rings. The summed E-state index contributed by atoms with van der Waals surface area (Å²) in [7, 11) is 0. The Labute approximate surface area is 226 Å². The summed E-state index contributed by atoms with van der Waals surface area (Å²) < 4.78 is 19.3. The van der Waals surface area contributed by atoms with Crippen LogP contribution in [-0.2, 0) is 9.53 Å². The Morgan fingerprint density at radius 3 is 2.76 bits per heavy atom. The Kier molecular flexibility index (Phi) is 7.85. The minimum Gasteiger partial charge on any atom is -0.487 e. The molecule has 0 radical (unpaired) electrons. The maximum atomic E-state index is 13.3. The molecule has 5 rings (SSSR count). The molecular formula is C28H31ClN4O5. The molecule has 0 spiro atoms. The van der Waals surface area contributed by atoms with Gasteiger partial charge in [-0.15, -0.1) is 0 Å². The summed E-state index contributed by atoms with van der Waals surface area (Å²) in [5.74, 6) is 0.822. The number of aryl methyl sites for hydroxylation is 1. The smallest absolute Gasteiger partial charge is 0.257 e. The van der Waals surface area contributed by atoms with E-state index in [9.17, 15) is 9.59 Å². The molecule has 9 nitrogen and oxygen atoms in total. The number of benzene rings is 2. The average molecular weight is 539 g/mol. The summed E-state index contributed by atoms with van der Waals surface area (Å²) in [5, 5.41) is 3.34. The molecule has 0 unspecified atom stereocenters. The third-order valence-corrected chi connectivity index (χ3v) is 7.15. The van der Waals surface area contributed by atoms with E-state index in [-0.39, 0.29) is 17.9 Å². The lowest BCUT2D eigenvalue weighted by Crippen LogP contribution is -2.34. The Bertz CT molecular complexity index is 1370. The van der Waals surface area contributed by atoms with Crippen molar-refractivity contribution in [1.82, 2.24) is 14.5 Å². The fourth-order valence-electron chi connectivity index (χ4n) is 4.99. The first-order valence-corrected chi connectivity index (χ1v) is 13.2. The van der Waals surface area contributed by atoms with Crippen molar-refractivity contribution in [2.75, 3.05) is 44.8 Å². The number of nitrogens with zero attached hydrogens (tertiary/aromatic N) is 3. The van der Waals surface area contributed by atoms with Crippen LogP contribution in [0.1, 0.15) is 41.2 Å². The van der Waals surface area contributed by atoms with E-state index in [2.05, 4.69) is 11.9 Å². The highest BCUT2D eigenvalue weighted by atomic mass is 35.5. The first kappa shape index (κ1) is 26.1. The number of ether oxygens (including phenoxy) is 3. The molecule has 0 aliphatic carbocycles. The molecule has 1 fully saturated rings. The van der Waals surface area contributed by atoms with Gasteiger partial charge in [-0.1, -0.05) is 35.9 Å². The minimum absolute atomic E-state index is 0.129. The molecule has 1 N–H and O–H groups in total. The van der Waals surface area contributed by atoms with Gasteiger partial charge in [0, 0.05) is 24.7 Å². The molecule has 38 heavy (non-hydrogen) atoms. The zero-order valence-corrected chi connectivity index (χ0v) is 22.1. The van der Waals surface area contributed by atoms with Crippen molar-refractivity contribution < 1.29 is 23.8 Å². The highest BCUT2D eigenvalue weighted by Crippen LogP contribution is 2.44. The second-order valence-corrected chi connectivity index (χ2v) is 9.84. The summed E-state index contributed by atoms with van der Waals surface area (Å²) in [5.41, 5.74) is 2.68. The number of halogens is 1. The van der Waals surface area contributed by atoms with Gasteiger partial charge < -0.3 is 23.7 Å². The second-order valence-electron chi connectivity index (χ2n) is 9.46. The van der Waals surface area contributed by atoms with Crippen molar-refractivity contribution in [2.24, 2.45) is 0 Å². The summed E-state index contributed by atoms with van der Waals surface area (Å²) in [6.45, 7) is 8.17. The van der Waals surface area contributed by atoms with Crippen molar-refractivity contribution in [3.05, 3.63) is 59.1 Å². The van der Waals surface area contributed by atoms with Gasteiger partial charge in [0.05, 0.1) is 30.3 Å². The lowest BCUT2D eigenvalue weighted by atomic mass is 10.1. The number of imidazole rings is 1. The van der Waals surface area contributed by atoms with E-state index in [1.54, 1.807) is 17.0 Å². The van der Waals surface area contributed by atoms with Crippen molar-refractivity contribution in [3.63, 3.8) is 0 Å². The van der Waals surface area contributed by atoms with E-state index in [0.717, 1.165) is 24.8 Å². The quantitative estimate of drug-likeness (QED) is 0.480. The van der Waals surface area contributed by atoms with Gasteiger partial charge in [-0.2, -0.15) is 0 Å². The maximum absolute atomic E-state index is 13.3. The van der Waals surface area contributed by atoms with Crippen LogP contribution in [0, 0.1) is 6.92 Å². The van der Waals surface area contributed by atoms with Crippen molar-refractivity contribution in [2.45, 2.75) is 32.2 Å². The van der Waals surface area contributed by atoms with E-state index < -0.39 is 0 Å². The zero-order chi connectivity index (χ0) is 26.6. The van der Waals surface area contributed by atoms with Crippen LogP contribution in [-0.4, -0.2) is 65.8 Å². The number of rotatable bonds is 4. The Morgan fingerprint density at radius 2 is 1.97 bits per heavy atom. The van der Waals surface area contributed by atoms with Crippen LogP contribution in [0.25, 0.3) is 11.0 Å². The fourth-order valence-corrected chi connectivity index (χ4v) is 5.33. The molecular weight excluding hydrogens is 508 g/mol. The highest BCUT2D eigenvalue weighted by Gasteiger charge is 2.30. The Hall–Kier alpha value is -3.56. The normalized spacial score (nSPS) is 18.2. The van der Waals surface area contributed by atoms with Gasteiger partial charge in [0.25, 0.3) is 5.91 Å². The number of amides is 2. The van der Waals surface area contributed by atoms with Crippen LogP contribution in [0.4, 0.5) is 5.95 Å². The third kappa shape index (κ3) is 5.35. The Balaban J connectivity index is 1.64. The third-order valence-electron chi connectivity index (χ3n) is 6.80. The minimum atomic E-state index is -0.284. The summed E-state index contributed by atoms with van der Waals surface area (Å²) in [4.78, 5) is 32.5. The van der Waals surface area contributed by atoms with Crippen LogP contribution in [0.2, 0.25) is 5.02 Å². The molecule has 1 atom stereocenters. The molecule has 10 heteroatoms. The van der Waals surface area contributed by atoms with Crippen LogP contribution >= 0.6 is 11.6 Å². The first-order valence-electron chi connectivity index (χ1n) is 12.8. The van der Waals surface area contributed by atoms with Crippen LogP contribution in [0.15, 0.2) is 43.0 Å².